The van der Waals surface area contributed by atoms with Gasteiger partial charge in [-0.3, -0.25) is 0 Å². The lowest BCUT2D eigenvalue weighted by molar-refractivity contribution is 0.192. The summed E-state index contributed by atoms with van der Waals surface area (Å²) in [6.07, 6.45) is 0. The zero-order chi connectivity index (χ0) is 16.5. The van der Waals surface area contributed by atoms with E-state index < -0.39 is 33.5 Å². The maximum Gasteiger partial charge on any atom is 0.456 e. The molecule has 12 heteroatoms. The molecule has 0 fully saturated rings. The predicted octanol–water partition coefficient (Wildman–Crippen LogP) is -0.532. The number of rotatable bonds is 12. The molecule has 21 heavy (non-hydrogen) atoms. The lowest BCUT2D eigenvalue weighted by Crippen LogP contribution is -2.67. The SMILES string of the molecule is COB(OC)C(B(OC)OC)(B(OC)OC)B(OC)OC. The largest absolute Gasteiger partial charge is 0.456 e. The molecule has 0 amide bonds. The Morgan fingerprint density at radius 2 is 0.524 bits per heavy atom. The normalized spacial score (nSPS) is 11.4. The van der Waals surface area contributed by atoms with Gasteiger partial charge in [-0.1, -0.05) is 0 Å². The standard InChI is InChI=1S/C9H24B4O8/c1-14-10(15-2)9(11(16-3)17-4,12(18-5)19-6)13(20-7)21-8/h1-8H3. The first-order valence-corrected chi connectivity index (χ1v) is 6.31. The van der Waals surface area contributed by atoms with Gasteiger partial charge in [0.15, 0.2) is 0 Å². The summed E-state index contributed by atoms with van der Waals surface area (Å²) in [5.41, 5.74) is 0. The third-order valence-electron chi connectivity index (χ3n) is 3.35. The summed E-state index contributed by atoms with van der Waals surface area (Å²) in [5, 5.41) is -1.21. The summed E-state index contributed by atoms with van der Waals surface area (Å²) >= 11 is 0. The van der Waals surface area contributed by atoms with Crippen molar-refractivity contribution in [3.63, 3.8) is 0 Å². The van der Waals surface area contributed by atoms with Gasteiger partial charge in [-0.25, -0.2) is 0 Å². The van der Waals surface area contributed by atoms with Gasteiger partial charge in [-0.2, -0.15) is 0 Å². The molecule has 0 aromatic rings. The second-order valence-corrected chi connectivity index (χ2v) is 4.21. The minimum absolute atomic E-state index is 0.850. The van der Waals surface area contributed by atoms with Crippen LogP contribution in [0.3, 0.4) is 0 Å². The van der Waals surface area contributed by atoms with Gasteiger partial charge in [-0.05, 0) is 0 Å². The molecule has 0 aromatic carbocycles. The van der Waals surface area contributed by atoms with Crippen molar-refractivity contribution in [2.24, 2.45) is 0 Å². The van der Waals surface area contributed by atoms with Crippen LogP contribution < -0.4 is 0 Å². The van der Waals surface area contributed by atoms with Gasteiger partial charge in [0.05, 0.1) is 0 Å². The topological polar surface area (TPSA) is 73.8 Å². The van der Waals surface area contributed by atoms with Crippen molar-refractivity contribution in [3.05, 3.63) is 0 Å². The monoisotopic (exact) mass is 304 g/mol. The first kappa shape index (κ1) is 20.9. The van der Waals surface area contributed by atoms with E-state index in [1.807, 2.05) is 0 Å². The van der Waals surface area contributed by atoms with Gasteiger partial charge in [0.2, 0.25) is 0 Å². The Bertz CT molecular complexity index is 205. The summed E-state index contributed by atoms with van der Waals surface area (Å²) in [4.78, 5) is 0. The van der Waals surface area contributed by atoms with Crippen LogP contribution in [0.15, 0.2) is 0 Å². The van der Waals surface area contributed by atoms with E-state index in [0.717, 1.165) is 0 Å². The van der Waals surface area contributed by atoms with Gasteiger partial charge < -0.3 is 37.2 Å². The Balaban J connectivity index is 6.15. The molecule has 0 aliphatic heterocycles. The van der Waals surface area contributed by atoms with E-state index in [0.29, 0.717) is 0 Å². The highest BCUT2D eigenvalue weighted by atomic mass is 16.6. The molecule has 0 bridgehead atoms. The maximum atomic E-state index is 5.42. The smallest absolute Gasteiger partial charge is 0.415 e. The Kier molecular flexibility index (Phi) is 10.6. The molecule has 0 atom stereocenters. The first-order chi connectivity index (χ1) is 10.1. The Morgan fingerprint density at radius 3 is 0.619 bits per heavy atom. The number of hydrogen-bond donors (Lipinski definition) is 0. The van der Waals surface area contributed by atoms with Gasteiger partial charge in [-0.15, -0.1) is 0 Å². The second-order valence-electron chi connectivity index (χ2n) is 4.21. The minimum Gasteiger partial charge on any atom is -0.415 e. The summed E-state index contributed by atoms with van der Waals surface area (Å²) in [6, 6.07) is 0. The maximum absolute atomic E-state index is 5.42. The minimum atomic E-state index is -1.21. The van der Waals surface area contributed by atoms with E-state index in [2.05, 4.69) is 0 Å². The molecule has 0 aromatic heterocycles. The van der Waals surface area contributed by atoms with Crippen LogP contribution in [0.4, 0.5) is 0 Å². The van der Waals surface area contributed by atoms with Crippen LogP contribution in [0.2, 0.25) is 5.01 Å². The fourth-order valence-electron chi connectivity index (χ4n) is 2.68. The first-order valence-electron chi connectivity index (χ1n) is 6.31. The molecule has 0 aliphatic rings. The van der Waals surface area contributed by atoms with Crippen molar-refractivity contribution in [2.45, 2.75) is 5.01 Å². The van der Waals surface area contributed by atoms with Gasteiger partial charge in [0, 0.05) is 56.9 Å². The Labute approximate surface area is 128 Å². The summed E-state index contributed by atoms with van der Waals surface area (Å²) in [5.74, 6) is 0. The van der Waals surface area contributed by atoms with Gasteiger partial charge in [0.1, 0.15) is 5.01 Å². The fourth-order valence-corrected chi connectivity index (χ4v) is 2.68. The molecule has 0 spiro atoms. The third kappa shape index (κ3) is 4.02. The molecule has 0 unspecified atom stereocenters. The van der Waals surface area contributed by atoms with Crippen LogP contribution in [-0.4, -0.2) is 85.4 Å². The fraction of sp³-hybridized carbons (Fsp3) is 1.00. The van der Waals surface area contributed by atoms with E-state index in [-0.39, 0.29) is 0 Å². The van der Waals surface area contributed by atoms with Crippen molar-refractivity contribution in [3.8, 4) is 0 Å². The Morgan fingerprint density at radius 1 is 0.381 bits per heavy atom. The highest BCUT2D eigenvalue weighted by Crippen LogP contribution is 2.41. The number of hydrogen-bond acceptors (Lipinski definition) is 8. The molecule has 0 aliphatic carbocycles. The third-order valence-corrected chi connectivity index (χ3v) is 3.35. The van der Waals surface area contributed by atoms with Crippen molar-refractivity contribution in [1.29, 1.82) is 0 Å². The average molecular weight is 304 g/mol. The van der Waals surface area contributed by atoms with E-state index in [1.165, 1.54) is 56.9 Å². The van der Waals surface area contributed by atoms with Crippen LogP contribution in [0.5, 0.6) is 0 Å². The molecule has 0 rings (SSSR count). The highest BCUT2D eigenvalue weighted by molar-refractivity contribution is 7.03. The molecule has 0 saturated heterocycles. The highest BCUT2D eigenvalue weighted by Gasteiger charge is 2.72. The van der Waals surface area contributed by atoms with Crippen molar-refractivity contribution in [1.82, 2.24) is 0 Å². The molecule has 0 heterocycles. The lowest BCUT2D eigenvalue weighted by atomic mass is 9.12. The van der Waals surface area contributed by atoms with Crippen molar-refractivity contribution >= 4 is 28.5 Å². The summed E-state index contributed by atoms with van der Waals surface area (Å²) < 4.78 is 43.3. The predicted molar refractivity (Wildman–Crippen MR) is 81.8 cm³/mol. The summed E-state index contributed by atoms with van der Waals surface area (Å²) in [7, 11) is 8.46. The molecule has 0 radical (unpaired) electrons. The molecular formula is C9H24B4O8. The molecule has 8 nitrogen and oxygen atoms in total. The molecule has 0 N–H and O–H groups in total. The molecular weight excluding hydrogens is 279 g/mol. The zero-order valence-electron chi connectivity index (χ0n) is 14.1. The van der Waals surface area contributed by atoms with E-state index in [4.69, 9.17) is 37.2 Å². The van der Waals surface area contributed by atoms with E-state index >= 15 is 0 Å². The molecule has 0 saturated carbocycles. The van der Waals surface area contributed by atoms with Crippen molar-refractivity contribution in [2.75, 3.05) is 56.9 Å². The van der Waals surface area contributed by atoms with Crippen LogP contribution in [0, 0.1) is 0 Å². The van der Waals surface area contributed by atoms with Crippen LogP contribution in [0.25, 0.3) is 0 Å². The van der Waals surface area contributed by atoms with Gasteiger partial charge in [0.25, 0.3) is 0 Å². The zero-order valence-corrected chi connectivity index (χ0v) is 14.1. The lowest BCUT2D eigenvalue weighted by Gasteiger charge is -2.40. The van der Waals surface area contributed by atoms with Crippen LogP contribution >= 0.6 is 0 Å². The van der Waals surface area contributed by atoms with Crippen LogP contribution in [-0.2, 0) is 37.2 Å². The summed E-state index contributed by atoms with van der Waals surface area (Å²) in [6.45, 7) is 0. The van der Waals surface area contributed by atoms with Gasteiger partial charge >= 0.3 is 28.5 Å². The van der Waals surface area contributed by atoms with E-state index in [9.17, 15) is 0 Å². The Hall–Kier alpha value is -0.0603. The quantitative estimate of drug-likeness (QED) is 0.445. The van der Waals surface area contributed by atoms with E-state index in [1.54, 1.807) is 0 Å². The van der Waals surface area contributed by atoms with Crippen LogP contribution in [0.1, 0.15) is 0 Å². The molecule has 120 valence electrons. The second kappa shape index (κ2) is 10.6. The average Bonchev–Trinajstić information content (AvgIpc) is 2.51. The van der Waals surface area contributed by atoms with Crippen molar-refractivity contribution < 1.29 is 37.2 Å².